The predicted molar refractivity (Wildman–Crippen MR) is 70.4 cm³/mol. The first kappa shape index (κ1) is 16.1. The van der Waals surface area contributed by atoms with Gasteiger partial charge >= 0.3 is 0 Å². The first-order chi connectivity index (χ1) is 9.35. The van der Waals surface area contributed by atoms with Gasteiger partial charge in [0, 0.05) is 0 Å². The van der Waals surface area contributed by atoms with E-state index in [1.165, 1.54) is 12.1 Å². The largest absolute Gasteiger partial charge is 0.243 e. The lowest BCUT2D eigenvalue weighted by Crippen LogP contribution is -2.46. The van der Waals surface area contributed by atoms with E-state index < -0.39 is 31.8 Å². The molecule has 0 spiro atoms. The molecule has 0 aromatic heterocycles. The quantitative estimate of drug-likeness (QED) is 0.899. The van der Waals surface area contributed by atoms with Crippen LogP contribution in [0.25, 0.3) is 0 Å². The highest BCUT2D eigenvalue weighted by Crippen LogP contribution is 2.22. The van der Waals surface area contributed by atoms with E-state index in [2.05, 4.69) is 4.72 Å². The van der Waals surface area contributed by atoms with Crippen molar-refractivity contribution < 1.29 is 12.8 Å². The fourth-order valence-electron chi connectivity index (χ4n) is 1.72. The Labute approximate surface area is 117 Å². The summed E-state index contributed by atoms with van der Waals surface area (Å²) in [6, 6.07) is 6.81. The fourth-order valence-corrected chi connectivity index (χ4v) is 3.35. The fraction of sp³-hybridized carbons (Fsp3) is 0.385. The third-order valence-electron chi connectivity index (χ3n) is 3.13. The molecule has 0 saturated carbocycles. The molecule has 0 aliphatic rings. The van der Waals surface area contributed by atoms with E-state index in [1.54, 1.807) is 13.8 Å². The summed E-state index contributed by atoms with van der Waals surface area (Å²) in [5.41, 5.74) is -1.82. The van der Waals surface area contributed by atoms with E-state index in [4.69, 9.17) is 10.5 Å². The van der Waals surface area contributed by atoms with Crippen molar-refractivity contribution in [2.24, 2.45) is 0 Å². The van der Waals surface area contributed by atoms with Gasteiger partial charge in [-0.3, -0.25) is 0 Å². The van der Waals surface area contributed by atoms with Gasteiger partial charge < -0.3 is 0 Å². The molecule has 1 rings (SSSR count). The highest BCUT2D eigenvalue weighted by molar-refractivity contribution is 7.89. The highest BCUT2D eigenvalue weighted by atomic mass is 32.2. The molecule has 5 nitrogen and oxygen atoms in total. The van der Waals surface area contributed by atoms with Crippen LogP contribution in [0.15, 0.2) is 23.1 Å². The lowest BCUT2D eigenvalue weighted by molar-refractivity contribution is 0.446. The van der Waals surface area contributed by atoms with Crippen LogP contribution in [-0.2, 0) is 10.0 Å². The second kappa shape index (κ2) is 6.00. The molecule has 0 heterocycles. The van der Waals surface area contributed by atoms with Gasteiger partial charge in [-0.25, -0.2) is 12.8 Å². The topological polar surface area (TPSA) is 93.8 Å². The van der Waals surface area contributed by atoms with Crippen molar-refractivity contribution in [3.05, 3.63) is 29.6 Å². The third kappa shape index (κ3) is 2.96. The average molecular weight is 295 g/mol. The maximum atomic E-state index is 13.5. The van der Waals surface area contributed by atoms with E-state index in [9.17, 15) is 12.8 Å². The molecule has 0 aliphatic carbocycles. The lowest BCUT2D eigenvalue weighted by atomic mass is 9.97. The summed E-state index contributed by atoms with van der Waals surface area (Å²) >= 11 is 0. The van der Waals surface area contributed by atoms with Gasteiger partial charge in [0.25, 0.3) is 0 Å². The minimum Gasteiger partial charge on any atom is -0.207 e. The standard InChI is InChI=1S/C13H14FN3O2S/c1-3-13(4-2,9-16)17-20(18,19)12-7-5-6-11(14)10(12)8-15/h5-7,17H,3-4H2,1-2H3. The van der Waals surface area contributed by atoms with Crippen LogP contribution in [0.5, 0.6) is 0 Å². The number of nitrogens with zero attached hydrogens (tertiary/aromatic N) is 2. The van der Waals surface area contributed by atoms with E-state index in [1.807, 2.05) is 6.07 Å². The minimum absolute atomic E-state index is 0.260. The molecule has 0 atom stereocenters. The van der Waals surface area contributed by atoms with Crippen LogP contribution in [0, 0.1) is 28.5 Å². The van der Waals surface area contributed by atoms with E-state index in [-0.39, 0.29) is 12.8 Å². The zero-order valence-corrected chi connectivity index (χ0v) is 12.0. The van der Waals surface area contributed by atoms with Crippen molar-refractivity contribution >= 4 is 10.0 Å². The number of hydrogen-bond acceptors (Lipinski definition) is 4. The number of hydrogen-bond donors (Lipinski definition) is 1. The van der Waals surface area contributed by atoms with Gasteiger partial charge in [0.2, 0.25) is 10.0 Å². The summed E-state index contributed by atoms with van der Waals surface area (Å²) in [7, 11) is -4.15. The number of nitriles is 2. The van der Waals surface area contributed by atoms with Crippen LogP contribution in [0.2, 0.25) is 0 Å². The van der Waals surface area contributed by atoms with Crippen LogP contribution in [0.4, 0.5) is 4.39 Å². The number of halogens is 1. The Morgan fingerprint density at radius 1 is 1.30 bits per heavy atom. The van der Waals surface area contributed by atoms with E-state index in [0.29, 0.717) is 0 Å². The number of nitrogens with one attached hydrogen (secondary N) is 1. The van der Waals surface area contributed by atoms with Crippen LogP contribution in [0.3, 0.4) is 0 Å². The van der Waals surface area contributed by atoms with Crippen molar-refractivity contribution in [2.75, 3.05) is 0 Å². The number of sulfonamides is 1. The van der Waals surface area contributed by atoms with Gasteiger partial charge in [0.05, 0.1) is 6.07 Å². The Bertz CT molecular complexity index is 683. The summed E-state index contributed by atoms with van der Waals surface area (Å²) in [6.07, 6.45) is 0.521. The summed E-state index contributed by atoms with van der Waals surface area (Å²) < 4.78 is 40.3. The summed E-state index contributed by atoms with van der Waals surface area (Å²) in [4.78, 5) is -0.457. The second-order valence-corrected chi connectivity index (χ2v) is 5.88. The Balaban J connectivity index is 3.37. The Hall–Kier alpha value is -1.96. The lowest BCUT2D eigenvalue weighted by Gasteiger charge is -2.24. The summed E-state index contributed by atoms with van der Waals surface area (Å²) in [6.45, 7) is 3.35. The molecule has 0 amide bonds. The molecule has 0 aliphatic heterocycles. The minimum atomic E-state index is -4.15. The molecular weight excluding hydrogens is 281 g/mol. The van der Waals surface area contributed by atoms with Crippen LogP contribution in [-0.4, -0.2) is 14.0 Å². The maximum Gasteiger partial charge on any atom is 0.243 e. The molecule has 106 valence electrons. The molecule has 0 unspecified atom stereocenters. The first-order valence-electron chi connectivity index (χ1n) is 5.99. The summed E-state index contributed by atoms with van der Waals surface area (Å²) in [5, 5.41) is 18.0. The SMILES string of the molecule is CCC(C#N)(CC)NS(=O)(=O)c1cccc(F)c1C#N. The van der Waals surface area contributed by atoms with Crippen molar-refractivity contribution in [3.63, 3.8) is 0 Å². The van der Waals surface area contributed by atoms with Crippen LogP contribution in [0.1, 0.15) is 32.3 Å². The molecule has 0 radical (unpaired) electrons. The predicted octanol–water partition coefficient (Wildman–Crippen LogP) is 2.06. The first-order valence-corrected chi connectivity index (χ1v) is 7.48. The van der Waals surface area contributed by atoms with E-state index >= 15 is 0 Å². The molecular formula is C13H14FN3O2S. The van der Waals surface area contributed by atoms with Crippen molar-refractivity contribution in [1.29, 1.82) is 10.5 Å². The van der Waals surface area contributed by atoms with Crippen molar-refractivity contribution in [1.82, 2.24) is 4.72 Å². The molecule has 0 bridgehead atoms. The molecule has 1 aromatic carbocycles. The Kier molecular flexibility index (Phi) is 4.83. The van der Waals surface area contributed by atoms with Gasteiger partial charge in [0.15, 0.2) is 0 Å². The molecule has 0 saturated heterocycles. The van der Waals surface area contributed by atoms with Crippen LogP contribution >= 0.6 is 0 Å². The van der Waals surface area contributed by atoms with E-state index in [0.717, 1.165) is 12.1 Å². The normalized spacial score (nSPS) is 11.7. The number of benzene rings is 1. The molecule has 1 aromatic rings. The molecule has 20 heavy (non-hydrogen) atoms. The smallest absolute Gasteiger partial charge is 0.207 e. The van der Waals surface area contributed by atoms with Gasteiger partial charge in [0.1, 0.15) is 27.9 Å². The van der Waals surface area contributed by atoms with Gasteiger partial charge in [-0.1, -0.05) is 19.9 Å². The average Bonchev–Trinajstić information content (AvgIpc) is 2.44. The molecule has 7 heteroatoms. The number of rotatable bonds is 5. The van der Waals surface area contributed by atoms with Crippen molar-refractivity contribution in [2.45, 2.75) is 37.1 Å². The van der Waals surface area contributed by atoms with Gasteiger partial charge in [-0.05, 0) is 25.0 Å². The van der Waals surface area contributed by atoms with Crippen LogP contribution < -0.4 is 4.72 Å². The van der Waals surface area contributed by atoms with Gasteiger partial charge in [-0.2, -0.15) is 15.2 Å². The van der Waals surface area contributed by atoms with Gasteiger partial charge in [-0.15, -0.1) is 0 Å². The highest BCUT2D eigenvalue weighted by Gasteiger charge is 2.33. The third-order valence-corrected chi connectivity index (χ3v) is 4.71. The Morgan fingerprint density at radius 2 is 1.90 bits per heavy atom. The zero-order chi connectivity index (χ0) is 15.4. The summed E-state index contributed by atoms with van der Waals surface area (Å²) in [5.74, 6) is -0.911. The maximum absolute atomic E-state index is 13.5. The zero-order valence-electron chi connectivity index (χ0n) is 11.1. The molecule has 0 fully saturated rings. The molecule has 1 N–H and O–H groups in total. The Morgan fingerprint density at radius 3 is 2.35 bits per heavy atom. The second-order valence-electron chi connectivity index (χ2n) is 4.23. The monoisotopic (exact) mass is 295 g/mol. The van der Waals surface area contributed by atoms with Crippen molar-refractivity contribution in [3.8, 4) is 12.1 Å².